The minimum Gasteiger partial charge on any atom is -0.351 e. The molecule has 9 heteroatoms. The van der Waals surface area contributed by atoms with Crippen molar-refractivity contribution < 1.29 is 4.79 Å². The van der Waals surface area contributed by atoms with E-state index in [1.165, 1.54) is 33.3 Å². The number of amides is 1. The van der Waals surface area contributed by atoms with Crippen LogP contribution in [0, 0.1) is 5.92 Å². The van der Waals surface area contributed by atoms with Crippen molar-refractivity contribution in [2.24, 2.45) is 5.92 Å². The molecule has 1 fully saturated rings. The summed E-state index contributed by atoms with van der Waals surface area (Å²) in [6.45, 7) is 4.58. The number of nitrogens with one attached hydrogen (secondary N) is 1. The number of piperidine rings is 1. The average Bonchev–Trinajstić information content (AvgIpc) is 3.32. The fourth-order valence-corrected chi connectivity index (χ4v) is 4.88. The molecule has 0 aliphatic carbocycles. The zero-order valence-electron chi connectivity index (χ0n) is 15.1. The van der Waals surface area contributed by atoms with Gasteiger partial charge in [0.25, 0.3) is 11.5 Å². The first-order chi connectivity index (χ1) is 13.1. The molecule has 3 aromatic heterocycles. The number of rotatable bonds is 5. The molecule has 1 atom stereocenters. The second-order valence-electron chi connectivity index (χ2n) is 6.83. The standard InChI is InChI=1S/C18H21N5O2S2/c1-12-4-2-8-22(11-12)18-21-23-16(25)14(10-20-17(23)27-18)15(24)19-7-6-13-5-3-9-26-13/h3,5,9-10,12H,2,4,6-8,11H2,1H3,(H,19,24). The van der Waals surface area contributed by atoms with E-state index >= 15 is 0 Å². The van der Waals surface area contributed by atoms with Crippen LogP contribution < -0.4 is 15.8 Å². The van der Waals surface area contributed by atoms with Crippen molar-refractivity contribution in [3.05, 3.63) is 44.5 Å². The Kier molecular flexibility index (Phi) is 5.22. The van der Waals surface area contributed by atoms with Crippen molar-refractivity contribution in [1.82, 2.24) is 19.9 Å². The topological polar surface area (TPSA) is 79.6 Å². The van der Waals surface area contributed by atoms with Gasteiger partial charge >= 0.3 is 0 Å². The van der Waals surface area contributed by atoms with E-state index in [2.05, 4.69) is 27.2 Å². The number of anilines is 1. The molecule has 1 N–H and O–H groups in total. The van der Waals surface area contributed by atoms with Gasteiger partial charge in [-0.3, -0.25) is 9.59 Å². The molecule has 142 valence electrons. The van der Waals surface area contributed by atoms with Crippen molar-refractivity contribution in [2.45, 2.75) is 26.2 Å². The number of nitrogens with zero attached hydrogens (tertiary/aromatic N) is 4. The Morgan fingerprint density at radius 1 is 1.44 bits per heavy atom. The minimum atomic E-state index is -0.416. The maximum atomic E-state index is 12.7. The zero-order valence-corrected chi connectivity index (χ0v) is 16.7. The number of hydrogen-bond acceptors (Lipinski definition) is 7. The lowest BCUT2D eigenvalue weighted by atomic mass is 10.0. The van der Waals surface area contributed by atoms with Gasteiger partial charge in [-0.25, -0.2) is 4.98 Å². The predicted octanol–water partition coefficient (Wildman–Crippen LogP) is 2.42. The van der Waals surface area contributed by atoms with Crippen molar-refractivity contribution >= 4 is 38.7 Å². The van der Waals surface area contributed by atoms with Crippen LogP contribution in [0.4, 0.5) is 5.13 Å². The van der Waals surface area contributed by atoms with E-state index in [9.17, 15) is 9.59 Å². The third-order valence-electron chi connectivity index (χ3n) is 4.69. The van der Waals surface area contributed by atoms with Crippen LogP contribution in [0.3, 0.4) is 0 Å². The zero-order chi connectivity index (χ0) is 18.8. The van der Waals surface area contributed by atoms with Crippen molar-refractivity contribution in [1.29, 1.82) is 0 Å². The van der Waals surface area contributed by atoms with E-state index in [0.717, 1.165) is 31.1 Å². The van der Waals surface area contributed by atoms with Crippen LogP contribution in [0.5, 0.6) is 0 Å². The molecule has 4 heterocycles. The van der Waals surface area contributed by atoms with Gasteiger partial charge < -0.3 is 10.2 Å². The van der Waals surface area contributed by atoms with E-state index in [4.69, 9.17) is 0 Å². The Bertz CT molecular complexity index is 995. The number of carbonyl (C=O) groups excluding carboxylic acids is 1. The van der Waals surface area contributed by atoms with Crippen LogP contribution in [0.1, 0.15) is 35.0 Å². The Morgan fingerprint density at radius 2 is 2.33 bits per heavy atom. The molecule has 0 radical (unpaired) electrons. The first-order valence-corrected chi connectivity index (χ1v) is 10.8. The smallest absolute Gasteiger partial charge is 0.288 e. The van der Waals surface area contributed by atoms with E-state index in [1.54, 1.807) is 11.3 Å². The highest BCUT2D eigenvalue weighted by Gasteiger charge is 2.22. The molecule has 1 unspecified atom stereocenters. The van der Waals surface area contributed by atoms with Crippen LogP contribution in [0.15, 0.2) is 28.5 Å². The van der Waals surface area contributed by atoms with Crippen LogP contribution in [-0.4, -0.2) is 40.1 Å². The summed E-state index contributed by atoms with van der Waals surface area (Å²) in [5.41, 5.74) is -0.385. The fourth-order valence-electron chi connectivity index (χ4n) is 3.27. The van der Waals surface area contributed by atoms with E-state index in [0.29, 0.717) is 17.4 Å². The van der Waals surface area contributed by atoms with Crippen molar-refractivity contribution in [3.63, 3.8) is 0 Å². The average molecular weight is 404 g/mol. The second kappa shape index (κ2) is 7.77. The van der Waals surface area contributed by atoms with E-state index in [-0.39, 0.29) is 5.56 Å². The van der Waals surface area contributed by atoms with Gasteiger partial charge in [-0.15, -0.1) is 16.4 Å². The Labute approximate surface area is 164 Å². The molecule has 27 heavy (non-hydrogen) atoms. The first-order valence-electron chi connectivity index (χ1n) is 9.06. The summed E-state index contributed by atoms with van der Waals surface area (Å²) in [5.74, 6) is 0.208. The number of thiophene rings is 1. The van der Waals surface area contributed by atoms with Gasteiger partial charge in [-0.05, 0) is 36.6 Å². The maximum Gasteiger partial charge on any atom is 0.288 e. The molecule has 1 aliphatic heterocycles. The van der Waals surface area contributed by atoms with Gasteiger partial charge in [0, 0.05) is 30.7 Å². The van der Waals surface area contributed by atoms with E-state index in [1.807, 2.05) is 17.5 Å². The second-order valence-corrected chi connectivity index (χ2v) is 8.80. The third kappa shape index (κ3) is 3.89. The SMILES string of the molecule is CC1CCCN(c2nn3c(=O)c(C(=O)NCCc4cccs4)cnc3s2)C1. The third-order valence-corrected chi connectivity index (χ3v) is 6.60. The first kappa shape index (κ1) is 18.1. The summed E-state index contributed by atoms with van der Waals surface area (Å²) in [4.78, 5) is 33.3. The number of fused-ring (bicyclic) bond motifs is 1. The van der Waals surface area contributed by atoms with Gasteiger partial charge in [0.15, 0.2) is 0 Å². The van der Waals surface area contributed by atoms with Gasteiger partial charge in [-0.2, -0.15) is 4.52 Å². The molecule has 7 nitrogen and oxygen atoms in total. The summed E-state index contributed by atoms with van der Waals surface area (Å²) >= 11 is 3.04. The highest BCUT2D eigenvalue weighted by molar-refractivity contribution is 7.20. The van der Waals surface area contributed by atoms with Gasteiger partial charge in [-0.1, -0.05) is 24.3 Å². The molecule has 1 amide bonds. The van der Waals surface area contributed by atoms with Crippen molar-refractivity contribution in [2.75, 3.05) is 24.5 Å². The molecule has 0 aromatic carbocycles. The number of carbonyl (C=O) groups is 1. The summed E-state index contributed by atoms with van der Waals surface area (Å²) in [7, 11) is 0. The van der Waals surface area contributed by atoms with E-state index < -0.39 is 11.5 Å². The minimum absolute atomic E-state index is 0.0301. The fraction of sp³-hybridized carbons (Fsp3) is 0.444. The van der Waals surface area contributed by atoms with Crippen LogP contribution in [0.25, 0.3) is 4.96 Å². The van der Waals surface area contributed by atoms with Crippen molar-refractivity contribution in [3.8, 4) is 0 Å². The maximum absolute atomic E-state index is 12.7. The van der Waals surface area contributed by atoms with Crippen LogP contribution >= 0.6 is 22.7 Å². The molecule has 1 saturated heterocycles. The molecule has 0 spiro atoms. The van der Waals surface area contributed by atoms with Gasteiger partial charge in [0.05, 0.1) is 0 Å². The Balaban J connectivity index is 1.51. The Morgan fingerprint density at radius 3 is 3.11 bits per heavy atom. The molecule has 3 aromatic rings. The molecule has 0 saturated carbocycles. The number of hydrogen-bond donors (Lipinski definition) is 1. The summed E-state index contributed by atoms with van der Waals surface area (Å²) in [6.07, 6.45) is 4.44. The highest BCUT2D eigenvalue weighted by atomic mass is 32.1. The summed E-state index contributed by atoms with van der Waals surface area (Å²) in [6, 6.07) is 4.01. The number of aromatic nitrogens is 3. The molecule has 0 bridgehead atoms. The molecule has 4 rings (SSSR count). The summed E-state index contributed by atoms with van der Waals surface area (Å²) < 4.78 is 1.26. The predicted molar refractivity (Wildman–Crippen MR) is 108 cm³/mol. The molecular formula is C18H21N5O2S2. The lowest BCUT2D eigenvalue weighted by Gasteiger charge is -2.30. The quantitative estimate of drug-likeness (QED) is 0.708. The molecule has 1 aliphatic rings. The van der Waals surface area contributed by atoms with Crippen LogP contribution in [-0.2, 0) is 6.42 Å². The van der Waals surface area contributed by atoms with Gasteiger partial charge in [0.2, 0.25) is 10.1 Å². The monoisotopic (exact) mass is 403 g/mol. The summed E-state index contributed by atoms with van der Waals surface area (Å²) in [5, 5.41) is 10.0. The molecular weight excluding hydrogens is 382 g/mol. The largest absolute Gasteiger partial charge is 0.351 e. The van der Waals surface area contributed by atoms with Gasteiger partial charge in [0.1, 0.15) is 5.56 Å². The normalized spacial score (nSPS) is 17.4. The Hall–Kier alpha value is -2.26. The lowest BCUT2D eigenvalue weighted by Crippen LogP contribution is -2.35. The lowest BCUT2D eigenvalue weighted by molar-refractivity contribution is 0.0952. The highest BCUT2D eigenvalue weighted by Crippen LogP contribution is 2.26. The van der Waals surface area contributed by atoms with Crippen LogP contribution in [0.2, 0.25) is 0 Å².